The van der Waals surface area contributed by atoms with E-state index in [1.165, 1.54) is 38.5 Å². The molecule has 0 radical (unpaired) electrons. The Hall–Kier alpha value is -1.06. The molecular weight excluding hydrogens is 278 g/mol. The summed E-state index contributed by atoms with van der Waals surface area (Å²) in [5.74, 6) is -1.30. The second kappa shape index (κ2) is 12.5. The first kappa shape index (κ1) is 20.9. The van der Waals surface area contributed by atoms with Crippen LogP contribution in [-0.2, 0) is 9.59 Å². The van der Waals surface area contributed by atoms with Crippen molar-refractivity contribution in [2.75, 3.05) is 0 Å². The van der Waals surface area contributed by atoms with Gasteiger partial charge >= 0.3 is 5.97 Å². The van der Waals surface area contributed by atoms with Crippen molar-refractivity contribution < 1.29 is 14.7 Å². The van der Waals surface area contributed by atoms with Crippen LogP contribution in [0, 0.1) is 11.8 Å². The summed E-state index contributed by atoms with van der Waals surface area (Å²) in [5, 5.41) is 11.7. The average Bonchev–Trinajstić information content (AvgIpc) is 2.46. The standard InChI is InChI=1S/C18H35NO3/c1-5-6-7-8-9-10-11-12-13-15(4)17(20)19-16(14(2)3)18(21)22/h14-16H,5-13H2,1-4H3,(H,19,20)(H,21,22)/t15?,16-/m0/s1. The SMILES string of the molecule is CCCCCCCCCCC(C)C(=O)N[C@H](C(=O)O)C(C)C. The predicted octanol–water partition coefficient (Wildman–Crippen LogP) is 4.38. The van der Waals surface area contributed by atoms with Crippen LogP contribution in [0.25, 0.3) is 0 Å². The van der Waals surface area contributed by atoms with Gasteiger partial charge in [-0.1, -0.05) is 79.1 Å². The van der Waals surface area contributed by atoms with E-state index in [1.54, 1.807) is 0 Å². The molecule has 0 heterocycles. The normalized spacial score (nSPS) is 13.9. The number of rotatable bonds is 13. The molecule has 0 saturated carbocycles. The molecule has 0 aromatic carbocycles. The number of aliphatic carboxylic acids is 1. The van der Waals surface area contributed by atoms with Crippen molar-refractivity contribution in [2.24, 2.45) is 11.8 Å². The number of carbonyl (C=O) groups is 2. The molecule has 4 heteroatoms. The maximum Gasteiger partial charge on any atom is 0.326 e. The smallest absolute Gasteiger partial charge is 0.326 e. The van der Waals surface area contributed by atoms with E-state index in [4.69, 9.17) is 5.11 Å². The molecule has 0 bridgehead atoms. The summed E-state index contributed by atoms with van der Waals surface area (Å²) in [4.78, 5) is 23.1. The van der Waals surface area contributed by atoms with Crippen LogP contribution in [-0.4, -0.2) is 23.0 Å². The molecule has 0 aromatic rings. The molecule has 0 aliphatic heterocycles. The lowest BCUT2D eigenvalue weighted by molar-refractivity contribution is -0.143. The minimum atomic E-state index is -0.956. The Morgan fingerprint density at radius 1 is 0.909 bits per heavy atom. The molecule has 0 aliphatic rings. The average molecular weight is 313 g/mol. The summed E-state index contributed by atoms with van der Waals surface area (Å²) in [6.07, 6.45) is 10.8. The molecule has 130 valence electrons. The number of amides is 1. The third-order valence-electron chi connectivity index (χ3n) is 4.17. The van der Waals surface area contributed by atoms with Gasteiger partial charge in [-0.05, 0) is 12.3 Å². The quantitative estimate of drug-likeness (QED) is 0.496. The van der Waals surface area contributed by atoms with Crippen molar-refractivity contribution >= 4 is 11.9 Å². The van der Waals surface area contributed by atoms with Gasteiger partial charge in [0.15, 0.2) is 0 Å². The number of hydrogen-bond donors (Lipinski definition) is 2. The fraction of sp³-hybridized carbons (Fsp3) is 0.889. The van der Waals surface area contributed by atoms with Gasteiger partial charge in [0.2, 0.25) is 5.91 Å². The van der Waals surface area contributed by atoms with Gasteiger partial charge in [0.1, 0.15) is 6.04 Å². The molecule has 0 rings (SSSR count). The first-order valence-corrected chi connectivity index (χ1v) is 8.93. The van der Waals surface area contributed by atoms with Crippen LogP contribution in [0.4, 0.5) is 0 Å². The summed E-state index contributed by atoms with van der Waals surface area (Å²) in [5.41, 5.74) is 0. The molecular formula is C18H35NO3. The van der Waals surface area contributed by atoms with Crippen molar-refractivity contribution in [3.8, 4) is 0 Å². The van der Waals surface area contributed by atoms with Crippen LogP contribution in [0.3, 0.4) is 0 Å². The Morgan fingerprint density at radius 3 is 1.86 bits per heavy atom. The van der Waals surface area contributed by atoms with E-state index in [9.17, 15) is 9.59 Å². The van der Waals surface area contributed by atoms with Gasteiger partial charge in [0.25, 0.3) is 0 Å². The molecule has 2 atom stereocenters. The van der Waals surface area contributed by atoms with E-state index in [0.29, 0.717) is 0 Å². The van der Waals surface area contributed by atoms with Gasteiger partial charge in [0.05, 0.1) is 0 Å². The van der Waals surface area contributed by atoms with Crippen LogP contribution in [0.1, 0.15) is 85.5 Å². The lowest BCUT2D eigenvalue weighted by Crippen LogP contribution is -2.46. The van der Waals surface area contributed by atoms with Gasteiger partial charge < -0.3 is 10.4 Å². The third-order valence-corrected chi connectivity index (χ3v) is 4.17. The highest BCUT2D eigenvalue weighted by Crippen LogP contribution is 2.14. The maximum atomic E-state index is 12.0. The van der Waals surface area contributed by atoms with Crippen LogP contribution >= 0.6 is 0 Å². The monoisotopic (exact) mass is 313 g/mol. The highest BCUT2D eigenvalue weighted by molar-refractivity contribution is 5.84. The minimum absolute atomic E-state index is 0.100. The molecule has 2 N–H and O–H groups in total. The summed E-state index contributed by atoms with van der Waals surface area (Å²) in [6.45, 7) is 7.72. The zero-order valence-electron chi connectivity index (χ0n) is 14.9. The fourth-order valence-corrected chi connectivity index (χ4v) is 2.52. The number of carboxylic acids is 1. The van der Waals surface area contributed by atoms with E-state index in [2.05, 4.69) is 12.2 Å². The van der Waals surface area contributed by atoms with Crippen LogP contribution in [0.2, 0.25) is 0 Å². The number of carbonyl (C=O) groups excluding carboxylic acids is 1. The molecule has 0 saturated heterocycles. The number of unbranched alkanes of at least 4 members (excludes halogenated alkanes) is 7. The highest BCUT2D eigenvalue weighted by Gasteiger charge is 2.25. The number of carboxylic acid groups (broad SMARTS) is 1. The Morgan fingerprint density at radius 2 is 1.41 bits per heavy atom. The topological polar surface area (TPSA) is 66.4 Å². The minimum Gasteiger partial charge on any atom is -0.480 e. The summed E-state index contributed by atoms with van der Waals surface area (Å²) in [6, 6.07) is -0.784. The fourth-order valence-electron chi connectivity index (χ4n) is 2.52. The van der Waals surface area contributed by atoms with Gasteiger partial charge in [-0.3, -0.25) is 4.79 Å². The van der Waals surface area contributed by atoms with Crippen molar-refractivity contribution in [3.63, 3.8) is 0 Å². The second-order valence-electron chi connectivity index (χ2n) is 6.73. The number of hydrogen-bond acceptors (Lipinski definition) is 2. The highest BCUT2D eigenvalue weighted by atomic mass is 16.4. The third kappa shape index (κ3) is 9.80. The van der Waals surface area contributed by atoms with Crippen LogP contribution in [0.15, 0.2) is 0 Å². The second-order valence-corrected chi connectivity index (χ2v) is 6.73. The van der Waals surface area contributed by atoms with Crippen molar-refractivity contribution in [1.29, 1.82) is 0 Å². The van der Waals surface area contributed by atoms with Crippen LogP contribution < -0.4 is 5.32 Å². The molecule has 1 amide bonds. The van der Waals surface area contributed by atoms with E-state index < -0.39 is 12.0 Å². The summed E-state index contributed by atoms with van der Waals surface area (Å²) in [7, 11) is 0. The first-order valence-electron chi connectivity index (χ1n) is 8.93. The zero-order chi connectivity index (χ0) is 17.0. The van der Waals surface area contributed by atoms with Crippen molar-refractivity contribution in [2.45, 2.75) is 91.5 Å². The van der Waals surface area contributed by atoms with Crippen LogP contribution in [0.5, 0.6) is 0 Å². The molecule has 0 fully saturated rings. The molecule has 1 unspecified atom stereocenters. The van der Waals surface area contributed by atoms with E-state index in [1.807, 2.05) is 20.8 Å². The maximum absolute atomic E-state index is 12.0. The summed E-state index contributed by atoms with van der Waals surface area (Å²) < 4.78 is 0. The predicted molar refractivity (Wildman–Crippen MR) is 90.8 cm³/mol. The molecule has 22 heavy (non-hydrogen) atoms. The van der Waals surface area contributed by atoms with E-state index >= 15 is 0 Å². The van der Waals surface area contributed by atoms with Gasteiger partial charge in [-0.15, -0.1) is 0 Å². The largest absolute Gasteiger partial charge is 0.480 e. The Bertz CT molecular complexity index is 315. The molecule has 0 spiro atoms. The lowest BCUT2D eigenvalue weighted by atomic mass is 9.99. The zero-order valence-corrected chi connectivity index (χ0v) is 14.9. The molecule has 0 aromatic heterocycles. The van der Waals surface area contributed by atoms with Gasteiger partial charge in [-0.2, -0.15) is 0 Å². The van der Waals surface area contributed by atoms with Gasteiger partial charge in [-0.25, -0.2) is 4.79 Å². The Labute approximate surface area is 136 Å². The Balaban J connectivity index is 3.80. The number of nitrogens with one attached hydrogen (secondary N) is 1. The molecule has 0 aliphatic carbocycles. The lowest BCUT2D eigenvalue weighted by Gasteiger charge is -2.20. The van der Waals surface area contributed by atoms with Crippen molar-refractivity contribution in [1.82, 2.24) is 5.32 Å². The van der Waals surface area contributed by atoms with Crippen molar-refractivity contribution in [3.05, 3.63) is 0 Å². The first-order chi connectivity index (χ1) is 10.4. The van der Waals surface area contributed by atoms with E-state index in [-0.39, 0.29) is 17.7 Å². The molecule has 4 nitrogen and oxygen atoms in total. The Kier molecular flexibility index (Phi) is 11.9. The van der Waals surface area contributed by atoms with Gasteiger partial charge in [0, 0.05) is 5.92 Å². The summed E-state index contributed by atoms with van der Waals surface area (Å²) >= 11 is 0. The van der Waals surface area contributed by atoms with E-state index in [0.717, 1.165) is 19.3 Å².